The molecule has 0 atom stereocenters. The van der Waals surface area contributed by atoms with Crippen LogP contribution in [0, 0.1) is 6.08 Å². The van der Waals surface area contributed by atoms with Gasteiger partial charge < -0.3 is 9.88 Å². The summed E-state index contributed by atoms with van der Waals surface area (Å²) in [6.07, 6.45) is -0.517. The predicted molar refractivity (Wildman–Crippen MR) is 75.0 cm³/mol. The first kappa shape index (κ1) is 12.4. The zero-order valence-electron chi connectivity index (χ0n) is 11.4. The van der Waals surface area contributed by atoms with Gasteiger partial charge >= 0.3 is 0 Å². The lowest BCUT2D eigenvalue weighted by molar-refractivity contribution is 0.209. The smallest absolute Gasteiger partial charge is 0.287 e. The minimum Gasteiger partial charge on any atom is -0.369 e. The van der Waals surface area contributed by atoms with Crippen molar-refractivity contribution in [3.05, 3.63) is 24.3 Å². The Morgan fingerprint density at radius 3 is 2.63 bits per heavy atom. The van der Waals surface area contributed by atoms with Gasteiger partial charge in [-0.3, -0.25) is 4.90 Å². The highest BCUT2D eigenvalue weighted by Crippen LogP contribution is 2.22. The molecule has 0 unspecified atom stereocenters. The van der Waals surface area contributed by atoms with Crippen LogP contribution < -0.4 is 4.90 Å². The first-order valence-electron chi connectivity index (χ1n) is 6.78. The minimum atomic E-state index is -0.517. The third kappa shape index (κ3) is 2.42. The van der Waals surface area contributed by atoms with E-state index in [1.807, 2.05) is 18.2 Å². The fourth-order valence-corrected chi connectivity index (χ4v) is 2.66. The summed E-state index contributed by atoms with van der Waals surface area (Å²) in [5, 5.41) is 0. The topological polar surface area (TPSA) is 35.2 Å². The quantitative estimate of drug-likeness (QED) is 0.901. The van der Waals surface area contributed by atoms with E-state index in [0.717, 1.165) is 37.4 Å². The Balaban J connectivity index is 1.77. The molecule has 1 aromatic heterocycles. The number of benzene rings is 1. The average molecular weight is 262 g/mol. The summed E-state index contributed by atoms with van der Waals surface area (Å²) in [6, 6.07) is 6.48. The molecule has 0 saturated carbocycles. The van der Waals surface area contributed by atoms with Gasteiger partial charge in [0, 0.05) is 37.9 Å². The summed E-state index contributed by atoms with van der Waals surface area (Å²) >= 11 is 0. The van der Waals surface area contributed by atoms with Gasteiger partial charge in [-0.15, -0.1) is 0 Å². The number of rotatable bonds is 2. The van der Waals surface area contributed by atoms with Crippen molar-refractivity contribution in [2.45, 2.75) is 19.9 Å². The maximum Gasteiger partial charge on any atom is 0.287 e. The molecular weight excluding hydrogens is 243 g/mol. The van der Waals surface area contributed by atoms with Gasteiger partial charge in [-0.25, -0.2) is 4.98 Å². The molecule has 5 heteroatoms. The van der Waals surface area contributed by atoms with E-state index in [-0.39, 0.29) is 0 Å². The maximum atomic E-state index is 13.0. The third-order valence-corrected chi connectivity index (χ3v) is 3.85. The molecule has 1 saturated heterocycles. The van der Waals surface area contributed by atoms with Crippen LogP contribution in [-0.4, -0.2) is 47.1 Å². The van der Waals surface area contributed by atoms with Gasteiger partial charge in [0.05, 0.1) is 11.0 Å². The minimum absolute atomic E-state index is 0.517. The van der Waals surface area contributed by atoms with Crippen LogP contribution in [0.3, 0.4) is 0 Å². The van der Waals surface area contributed by atoms with Crippen LogP contribution in [0.2, 0.25) is 0 Å². The summed E-state index contributed by atoms with van der Waals surface area (Å²) in [5.41, 5.74) is 2.59. The van der Waals surface area contributed by atoms with Gasteiger partial charge in [-0.2, -0.15) is 4.39 Å². The number of aromatic nitrogens is 2. The predicted octanol–water partition coefficient (Wildman–Crippen LogP) is 2.23. The lowest BCUT2D eigenvalue weighted by Gasteiger charge is -2.38. The summed E-state index contributed by atoms with van der Waals surface area (Å²) in [4.78, 5) is 11.3. The van der Waals surface area contributed by atoms with Crippen molar-refractivity contribution < 1.29 is 4.39 Å². The molecule has 1 aromatic carbocycles. The number of nitrogens with one attached hydrogen (secondary N) is 1. The molecular formula is C14H19FN4. The van der Waals surface area contributed by atoms with E-state index >= 15 is 0 Å². The fourth-order valence-electron chi connectivity index (χ4n) is 2.66. The number of halogens is 1. The molecule has 2 aromatic rings. The van der Waals surface area contributed by atoms with Crippen molar-refractivity contribution in [3.63, 3.8) is 0 Å². The number of fused-ring (bicyclic) bond motifs is 1. The lowest BCUT2D eigenvalue weighted by Crippen LogP contribution is -2.48. The van der Waals surface area contributed by atoms with E-state index in [2.05, 4.69) is 33.6 Å². The monoisotopic (exact) mass is 262 g/mol. The molecule has 0 radical (unpaired) electrons. The number of anilines is 1. The number of H-pyrrole nitrogens is 1. The standard InChI is InChI=1S/C14H19FN4/c1-10(2)18-5-7-19(8-6-18)11-3-4-12-13(9-11)17-14(15)16-12/h3-4,9-10H,5-8H2,1-2H3,(H,16,17). The fraction of sp³-hybridized carbons (Fsp3) is 0.500. The second kappa shape index (κ2) is 4.81. The normalized spacial score (nSPS) is 17.6. The summed E-state index contributed by atoms with van der Waals surface area (Å²) in [6.45, 7) is 8.64. The lowest BCUT2D eigenvalue weighted by atomic mass is 10.2. The molecule has 3 rings (SSSR count). The Bertz CT molecular complexity index is 570. The zero-order valence-corrected chi connectivity index (χ0v) is 11.4. The molecule has 1 aliphatic rings. The van der Waals surface area contributed by atoms with Crippen molar-refractivity contribution in [1.82, 2.24) is 14.9 Å². The number of imidazole rings is 1. The Morgan fingerprint density at radius 1 is 1.21 bits per heavy atom. The summed E-state index contributed by atoms with van der Waals surface area (Å²) < 4.78 is 13.0. The Morgan fingerprint density at radius 2 is 1.95 bits per heavy atom. The van der Waals surface area contributed by atoms with Gasteiger partial charge in [0.1, 0.15) is 0 Å². The first-order chi connectivity index (χ1) is 9.13. The van der Waals surface area contributed by atoms with Crippen LogP contribution in [0.5, 0.6) is 0 Å². The van der Waals surface area contributed by atoms with Crippen molar-refractivity contribution in [2.75, 3.05) is 31.1 Å². The second-order valence-corrected chi connectivity index (χ2v) is 5.35. The van der Waals surface area contributed by atoms with Crippen molar-refractivity contribution in [2.24, 2.45) is 0 Å². The molecule has 0 spiro atoms. The van der Waals surface area contributed by atoms with Gasteiger partial charge in [-0.05, 0) is 32.0 Å². The van der Waals surface area contributed by atoms with Gasteiger partial charge in [-0.1, -0.05) is 0 Å². The number of hydrogen-bond acceptors (Lipinski definition) is 3. The van der Waals surface area contributed by atoms with Gasteiger partial charge in [0.25, 0.3) is 6.08 Å². The SMILES string of the molecule is CC(C)N1CCN(c2ccc3nc(F)[nH]c3c2)CC1. The van der Waals surface area contributed by atoms with Crippen LogP contribution in [-0.2, 0) is 0 Å². The van der Waals surface area contributed by atoms with Gasteiger partial charge in [0.15, 0.2) is 0 Å². The van der Waals surface area contributed by atoms with E-state index in [1.165, 1.54) is 0 Å². The van der Waals surface area contributed by atoms with Crippen molar-refractivity contribution in [3.8, 4) is 0 Å². The van der Waals surface area contributed by atoms with Crippen LogP contribution >= 0.6 is 0 Å². The highest BCUT2D eigenvalue weighted by molar-refractivity contribution is 5.79. The number of aromatic amines is 1. The molecule has 1 aliphatic heterocycles. The summed E-state index contributed by atoms with van der Waals surface area (Å²) in [7, 11) is 0. The van der Waals surface area contributed by atoms with E-state index in [1.54, 1.807) is 0 Å². The Kier molecular flexibility index (Phi) is 3.14. The average Bonchev–Trinajstić information content (AvgIpc) is 2.77. The molecule has 0 bridgehead atoms. The van der Waals surface area contributed by atoms with Crippen molar-refractivity contribution in [1.29, 1.82) is 0 Å². The molecule has 19 heavy (non-hydrogen) atoms. The molecule has 4 nitrogen and oxygen atoms in total. The third-order valence-electron chi connectivity index (χ3n) is 3.85. The van der Waals surface area contributed by atoms with Crippen LogP contribution in [0.1, 0.15) is 13.8 Å². The van der Waals surface area contributed by atoms with Crippen LogP contribution in [0.25, 0.3) is 11.0 Å². The maximum absolute atomic E-state index is 13.0. The first-order valence-corrected chi connectivity index (χ1v) is 6.78. The highest BCUT2D eigenvalue weighted by atomic mass is 19.1. The zero-order chi connectivity index (χ0) is 13.4. The number of hydrogen-bond donors (Lipinski definition) is 1. The largest absolute Gasteiger partial charge is 0.369 e. The van der Waals surface area contributed by atoms with E-state index in [0.29, 0.717) is 11.6 Å². The highest BCUT2D eigenvalue weighted by Gasteiger charge is 2.19. The second-order valence-electron chi connectivity index (χ2n) is 5.35. The molecule has 0 aliphatic carbocycles. The van der Waals surface area contributed by atoms with Crippen LogP contribution in [0.4, 0.5) is 10.1 Å². The molecule has 1 fully saturated rings. The molecule has 0 amide bonds. The van der Waals surface area contributed by atoms with E-state index in [4.69, 9.17) is 0 Å². The summed E-state index contributed by atoms with van der Waals surface area (Å²) in [5.74, 6) is 0. The number of piperazine rings is 1. The number of nitrogens with zero attached hydrogens (tertiary/aromatic N) is 3. The molecule has 102 valence electrons. The molecule has 1 N–H and O–H groups in total. The Hall–Kier alpha value is -1.62. The molecule has 2 heterocycles. The van der Waals surface area contributed by atoms with Gasteiger partial charge in [0.2, 0.25) is 0 Å². The van der Waals surface area contributed by atoms with Crippen molar-refractivity contribution >= 4 is 16.7 Å². The van der Waals surface area contributed by atoms with Crippen LogP contribution in [0.15, 0.2) is 18.2 Å². The van der Waals surface area contributed by atoms with E-state index < -0.39 is 6.08 Å². The Labute approximate surface area is 112 Å². The van der Waals surface area contributed by atoms with E-state index in [9.17, 15) is 4.39 Å².